The maximum Gasteiger partial charge on any atom is 0.273 e. The van der Waals surface area contributed by atoms with Crippen LogP contribution in [0.5, 0.6) is 11.5 Å². The highest BCUT2D eigenvalue weighted by atomic mass is 35.5. The Bertz CT molecular complexity index is 745. The van der Waals surface area contributed by atoms with Crippen molar-refractivity contribution < 1.29 is 19.6 Å². The zero-order chi connectivity index (χ0) is 16.3. The summed E-state index contributed by atoms with van der Waals surface area (Å²) in [5.41, 5.74) is 0.448. The summed E-state index contributed by atoms with van der Waals surface area (Å²) in [5.74, 6) is -0.300. The average Bonchev–Trinajstić information content (AvgIpc) is 2.49. The largest absolute Gasteiger partial charge is 0.507 e. The second kappa shape index (κ2) is 6.44. The fourth-order valence-corrected chi connectivity index (χ4v) is 2.16. The van der Waals surface area contributed by atoms with E-state index in [0.29, 0.717) is 10.6 Å². The molecule has 0 saturated carbocycles. The van der Waals surface area contributed by atoms with Crippen molar-refractivity contribution in [1.82, 2.24) is 0 Å². The normalized spacial score (nSPS) is 10.3. The van der Waals surface area contributed by atoms with E-state index < -0.39 is 4.92 Å². The number of phenolic OH excluding ortho intramolecular Hbond substituents is 1. The lowest BCUT2D eigenvalue weighted by Gasteiger charge is -2.09. The Morgan fingerprint density at radius 2 is 2.05 bits per heavy atom. The van der Waals surface area contributed by atoms with Crippen LogP contribution in [0.1, 0.15) is 15.9 Å². The van der Waals surface area contributed by atoms with Gasteiger partial charge < -0.3 is 9.84 Å². The lowest BCUT2D eigenvalue weighted by Crippen LogP contribution is -2.06. The van der Waals surface area contributed by atoms with E-state index in [4.69, 9.17) is 16.3 Å². The molecule has 6 nitrogen and oxygen atoms in total. The lowest BCUT2D eigenvalue weighted by atomic mass is 10.0. The molecule has 0 unspecified atom stereocenters. The Morgan fingerprint density at radius 1 is 1.32 bits per heavy atom. The van der Waals surface area contributed by atoms with Crippen molar-refractivity contribution in [3.8, 4) is 11.5 Å². The van der Waals surface area contributed by atoms with Crippen molar-refractivity contribution in [3.05, 3.63) is 62.7 Å². The van der Waals surface area contributed by atoms with Gasteiger partial charge in [0.15, 0.2) is 5.78 Å². The van der Waals surface area contributed by atoms with Crippen LogP contribution in [0.3, 0.4) is 0 Å². The smallest absolute Gasteiger partial charge is 0.273 e. The molecule has 2 rings (SSSR count). The number of phenols is 1. The second-order valence-electron chi connectivity index (χ2n) is 4.51. The molecule has 0 amide bonds. The van der Waals surface area contributed by atoms with Crippen LogP contribution in [0.2, 0.25) is 5.02 Å². The SMILES string of the molecule is COc1cc([N+](=O)[O-])ccc1CC(=O)c1cc(Cl)ccc1O. The first-order valence-corrected chi connectivity index (χ1v) is 6.63. The molecule has 114 valence electrons. The number of carbonyl (C=O) groups is 1. The number of nitrogens with zero attached hydrogens (tertiary/aromatic N) is 1. The average molecular weight is 322 g/mol. The zero-order valence-electron chi connectivity index (χ0n) is 11.6. The van der Waals surface area contributed by atoms with E-state index in [-0.39, 0.29) is 35.0 Å². The molecular formula is C15H12ClNO5. The molecule has 0 atom stereocenters. The Balaban J connectivity index is 2.32. The molecule has 2 aromatic rings. The molecule has 0 bridgehead atoms. The number of benzene rings is 2. The van der Waals surface area contributed by atoms with E-state index in [1.54, 1.807) is 0 Å². The highest BCUT2D eigenvalue weighted by Crippen LogP contribution is 2.28. The first kappa shape index (κ1) is 15.8. The Hall–Kier alpha value is -2.60. The summed E-state index contributed by atoms with van der Waals surface area (Å²) in [6.07, 6.45) is -0.0743. The van der Waals surface area contributed by atoms with E-state index in [1.165, 1.54) is 43.5 Å². The highest BCUT2D eigenvalue weighted by molar-refractivity contribution is 6.31. The molecule has 0 heterocycles. The number of Topliss-reactive ketones (excluding diaryl/α,β-unsaturated/α-hetero) is 1. The topological polar surface area (TPSA) is 89.7 Å². The van der Waals surface area contributed by atoms with Crippen molar-refractivity contribution in [3.63, 3.8) is 0 Å². The van der Waals surface area contributed by atoms with Crippen molar-refractivity contribution in [1.29, 1.82) is 0 Å². The molecule has 7 heteroatoms. The molecule has 22 heavy (non-hydrogen) atoms. The maximum absolute atomic E-state index is 12.3. The number of ether oxygens (including phenoxy) is 1. The van der Waals surface area contributed by atoms with Crippen LogP contribution in [0.25, 0.3) is 0 Å². The van der Waals surface area contributed by atoms with Gasteiger partial charge in [0.1, 0.15) is 11.5 Å². The Labute approximate surface area is 131 Å². The number of hydrogen-bond acceptors (Lipinski definition) is 5. The second-order valence-corrected chi connectivity index (χ2v) is 4.95. The van der Waals surface area contributed by atoms with Crippen LogP contribution in [-0.2, 0) is 6.42 Å². The summed E-state index contributed by atoms with van der Waals surface area (Å²) in [5, 5.41) is 20.8. The van der Waals surface area contributed by atoms with Gasteiger partial charge in [-0.15, -0.1) is 0 Å². The first-order chi connectivity index (χ1) is 10.4. The quantitative estimate of drug-likeness (QED) is 0.518. The van der Waals surface area contributed by atoms with Crippen molar-refractivity contribution in [2.24, 2.45) is 0 Å². The predicted molar refractivity (Wildman–Crippen MR) is 80.8 cm³/mol. The van der Waals surface area contributed by atoms with Gasteiger partial charge in [-0.05, 0) is 24.3 Å². The number of methoxy groups -OCH3 is 1. The van der Waals surface area contributed by atoms with E-state index in [0.717, 1.165) is 0 Å². The molecule has 0 saturated heterocycles. The van der Waals surface area contributed by atoms with Gasteiger partial charge in [-0.2, -0.15) is 0 Å². The van der Waals surface area contributed by atoms with Crippen molar-refractivity contribution in [2.45, 2.75) is 6.42 Å². The molecule has 0 radical (unpaired) electrons. The first-order valence-electron chi connectivity index (χ1n) is 6.25. The van der Waals surface area contributed by atoms with E-state index >= 15 is 0 Å². The van der Waals surface area contributed by atoms with Crippen LogP contribution < -0.4 is 4.74 Å². The number of rotatable bonds is 5. The summed E-state index contributed by atoms with van der Waals surface area (Å²) >= 11 is 5.82. The predicted octanol–water partition coefficient (Wildman–Crippen LogP) is 3.39. The molecule has 2 aromatic carbocycles. The van der Waals surface area contributed by atoms with Crippen molar-refractivity contribution in [2.75, 3.05) is 7.11 Å². The molecule has 0 aromatic heterocycles. The number of nitro benzene ring substituents is 1. The van der Waals surface area contributed by atoms with Crippen LogP contribution in [0.15, 0.2) is 36.4 Å². The standard InChI is InChI=1S/C15H12ClNO5/c1-22-15-8-11(17(20)21)4-2-9(15)6-14(19)12-7-10(16)3-5-13(12)18/h2-5,7-8,18H,6H2,1H3. The summed E-state index contributed by atoms with van der Waals surface area (Å²) < 4.78 is 5.08. The number of non-ortho nitro benzene ring substituents is 1. The number of nitro groups is 1. The fourth-order valence-electron chi connectivity index (χ4n) is 1.99. The minimum atomic E-state index is -0.545. The molecule has 0 spiro atoms. The monoisotopic (exact) mass is 321 g/mol. The summed E-state index contributed by atoms with van der Waals surface area (Å²) in [6, 6.07) is 8.18. The summed E-state index contributed by atoms with van der Waals surface area (Å²) in [7, 11) is 1.36. The Kier molecular flexibility index (Phi) is 4.62. The van der Waals surface area contributed by atoms with E-state index in [9.17, 15) is 20.0 Å². The third-order valence-electron chi connectivity index (χ3n) is 3.09. The van der Waals surface area contributed by atoms with Crippen LogP contribution >= 0.6 is 11.6 Å². The van der Waals surface area contributed by atoms with Crippen LogP contribution in [-0.4, -0.2) is 22.9 Å². The van der Waals surface area contributed by atoms with Gasteiger partial charge in [0, 0.05) is 23.1 Å². The molecule has 0 aliphatic carbocycles. The van der Waals surface area contributed by atoms with E-state index in [1.807, 2.05) is 0 Å². The van der Waals surface area contributed by atoms with Crippen LogP contribution in [0, 0.1) is 10.1 Å². The number of aromatic hydroxyl groups is 1. The minimum Gasteiger partial charge on any atom is -0.507 e. The van der Waals surface area contributed by atoms with Gasteiger partial charge in [0.25, 0.3) is 5.69 Å². The number of hydrogen-bond donors (Lipinski definition) is 1. The van der Waals surface area contributed by atoms with E-state index in [2.05, 4.69) is 0 Å². The van der Waals surface area contributed by atoms with Crippen molar-refractivity contribution >= 4 is 23.1 Å². The number of halogens is 1. The molecule has 0 aliphatic heterocycles. The lowest BCUT2D eigenvalue weighted by molar-refractivity contribution is -0.384. The summed E-state index contributed by atoms with van der Waals surface area (Å²) in [6.45, 7) is 0. The van der Waals surface area contributed by atoms with Crippen LogP contribution in [0.4, 0.5) is 5.69 Å². The Morgan fingerprint density at radius 3 is 2.68 bits per heavy atom. The maximum atomic E-state index is 12.3. The van der Waals surface area contributed by atoms with Gasteiger partial charge in [-0.1, -0.05) is 11.6 Å². The third kappa shape index (κ3) is 3.35. The molecular weight excluding hydrogens is 310 g/mol. The van der Waals surface area contributed by atoms with Gasteiger partial charge in [0.2, 0.25) is 0 Å². The highest BCUT2D eigenvalue weighted by Gasteiger charge is 2.17. The third-order valence-corrected chi connectivity index (χ3v) is 3.33. The fraction of sp³-hybridized carbons (Fsp3) is 0.133. The zero-order valence-corrected chi connectivity index (χ0v) is 12.3. The van der Waals surface area contributed by atoms with Gasteiger partial charge >= 0.3 is 0 Å². The summed E-state index contributed by atoms with van der Waals surface area (Å²) in [4.78, 5) is 22.5. The van der Waals surface area contributed by atoms with Gasteiger partial charge in [-0.25, -0.2) is 0 Å². The molecule has 0 aliphatic rings. The molecule has 1 N–H and O–H groups in total. The van der Waals surface area contributed by atoms with Gasteiger partial charge in [0.05, 0.1) is 23.7 Å². The minimum absolute atomic E-state index is 0.0743. The van der Waals surface area contributed by atoms with Gasteiger partial charge in [-0.3, -0.25) is 14.9 Å². The number of ketones is 1. The number of carbonyl (C=O) groups excluding carboxylic acids is 1. The molecule has 0 fully saturated rings.